The fourth-order valence-corrected chi connectivity index (χ4v) is 5.11. The highest BCUT2D eigenvalue weighted by molar-refractivity contribution is 7.89. The first-order valence-corrected chi connectivity index (χ1v) is 12.1. The van der Waals surface area contributed by atoms with Crippen LogP contribution in [0, 0.1) is 0 Å². The number of sulfonamides is 1. The maximum absolute atomic E-state index is 13.0. The zero-order valence-electron chi connectivity index (χ0n) is 17.1. The van der Waals surface area contributed by atoms with Gasteiger partial charge in [-0.2, -0.15) is 4.31 Å². The monoisotopic (exact) mass is 486 g/mol. The van der Waals surface area contributed by atoms with Crippen LogP contribution in [0.3, 0.4) is 0 Å². The van der Waals surface area contributed by atoms with Gasteiger partial charge in [0, 0.05) is 29.6 Å². The predicted molar refractivity (Wildman–Crippen MR) is 121 cm³/mol. The molecule has 168 valence electrons. The fraction of sp³-hybridized carbons (Fsp3) is 0.381. The standard InChI is InChI=1S/C21H24Cl2N2O5S/c1-2-30-20-7-6-17(31(27,28)25-9-11-29-12-10-25)14-19(20)24-21(26)8-4-15-3-5-16(22)13-18(15)23/h3,5-7,13-14H,2,4,8-12H2,1H3,(H,24,26). The number of aryl methyl sites for hydroxylation is 1. The van der Waals surface area contributed by atoms with Crippen molar-refractivity contribution >= 4 is 44.8 Å². The lowest BCUT2D eigenvalue weighted by Gasteiger charge is -2.26. The van der Waals surface area contributed by atoms with Gasteiger partial charge in [-0.3, -0.25) is 4.79 Å². The Morgan fingerprint density at radius 3 is 2.58 bits per heavy atom. The van der Waals surface area contributed by atoms with Gasteiger partial charge in [0.1, 0.15) is 5.75 Å². The average molecular weight is 487 g/mol. The lowest BCUT2D eigenvalue weighted by atomic mass is 10.1. The fourth-order valence-electron chi connectivity index (χ4n) is 3.17. The Morgan fingerprint density at radius 1 is 1.16 bits per heavy atom. The summed E-state index contributed by atoms with van der Waals surface area (Å²) in [6, 6.07) is 9.60. The van der Waals surface area contributed by atoms with Crippen molar-refractivity contribution in [1.82, 2.24) is 4.31 Å². The number of morpholine rings is 1. The molecule has 2 aromatic carbocycles. The van der Waals surface area contributed by atoms with Gasteiger partial charge in [-0.1, -0.05) is 29.3 Å². The van der Waals surface area contributed by atoms with E-state index in [2.05, 4.69) is 5.32 Å². The Labute approximate surface area is 192 Å². The summed E-state index contributed by atoms with van der Waals surface area (Å²) in [5.74, 6) is 0.120. The average Bonchev–Trinajstić information content (AvgIpc) is 2.75. The molecule has 7 nitrogen and oxygen atoms in total. The van der Waals surface area contributed by atoms with Crippen LogP contribution in [0.2, 0.25) is 10.0 Å². The molecule has 0 unspecified atom stereocenters. The number of nitrogens with zero attached hydrogens (tertiary/aromatic N) is 1. The summed E-state index contributed by atoms with van der Waals surface area (Å²) in [5.41, 5.74) is 1.11. The minimum Gasteiger partial charge on any atom is -0.492 e. The van der Waals surface area contributed by atoms with Gasteiger partial charge in [-0.05, 0) is 49.2 Å². The molecule has 1 heterocycles. The van der Waals surface area contributed by atoms with E-state index in [9.17, 15) is 13.2 Å². The number of nitrogens with one attached hydrogen (secondary N) is 1. The maximum Gasteiger partial charge on any atom is 0.243 e. The molecule has 1 N–H and O–H groups in total. The number of rotatable bonds is 8. The van der Waals surface area contributed by atoms with E-state index in [0.717, 1.165) is 5.56 Å². The van der Waals surface area contributed by atoms with Gasteiger partial charge < -0.3 is 14.8 Å². The summed E-state index contributed by atoms with van der Waals surface area (Å²) in [7, 11) is -3.70. The molecule has 10 heteroatoms. The summed E-state index contributed by atoms with van der Waals surface area (Å²) in [4.78, 5) is 12.7. The normalized spacial score (nSPS) is 14.9. The second-order valence-electron chi connectivity index (χ2n) is 6.89. The van der Waals surface area contributed by atoms with Gasteiger partial charge in [0.05, 0.1) is 30.4 Å². The quantitative estimate of drug-likeness (QED) is 0.609. The van der Waals surface area contributed by atoms with Gasteiger partial charge in [-0.15, -0.1) is 0 Å². The molecule has 2 aromatic rings. The molecule has 1 fully saturated rings. The van der Waals surface area contributed by atoms with E-state index < -0.39 is 10.0 Å². The molecule has 0 bridgehead atoms. The predicted octanol–water partition coefficient (Wildman–Crippen LogP) is 3.98. The Kier molecular flexibility index (Phi) is 8.18. The molecular formula is C21H24Cl2N2O5S. The highest BCUT2D eigenvalue weighted by Crippen LogP contribution is 2.30. The van der Waals surface area contributed by atoms with Crippen LogP contribution in [0.1, 0.15) is 18.9 Å². The van der Waals surface area contributed by atoms with Crippen molar-refractivity contribution in [1.29, 1.82) is 0 Å². The van der Waals surface area contributed by atoms with Crippen LogP contribution in [0.15, 0.2) is 41.3 Å². The highest BCUT2D eigenvalue weighted by atomic mass is 35.5. The van der Waals surface area contributed by atoms with Gasteiger partial charge in [0.2, 0.25) is 15.9 Å². The minimum absolute atomic E-state index is 0.0916. The zero-order chi connectivity index (χ0) is 22.4. The smallest absolute Gasteiger partial charge is 0.243 e. The summed E-state index contributed by atoms with van der Waals surface area (Å²) >= 11 is 12.1. The Morgan fingerprint density at radius 2 is 1.90 bits per heavy atom. The molecule has 0 aromatic heterocycles. The molecule has 1 aliphatic rings. The highest BCUT2D eigenvalue weighted by Gasteiger charge is 2.27. The molecule has 0 saturated carbocycles. The Hall–Kier alpha value is -1.84. The van der Waals surface area contributed by atoms with Crippen molar-refractivity contribution < 1.29 is 22.7 Å². The van der Waals surface area contributed by atoms with E-state index in [0.29, 0.717) is 60.8 Å². The van der Waals surface area contributed by atoms with Gasteiger partial charge in [0.15, 0.2) is 0 Å². The van der Waals surface area contributed by atoms with E-state index in [1.165, 1.54) is 16.4 Å². The van der Waals surface area contributed by atoms with Crippen molar-refractivity contribution in [2.24, 2.45) is 0 Å². The lowest BCUT2D eigenvalue weighted by molar-refractivity contribution is -0.116. The number of hydrogen-bond donors (Lipinski definition) is 1. The van der Waals surface area contributed by atoms with Gasteiger partial charge in [0.25, 0.3) is 0 Å². The third-order valence-corrected chi connectivity index (χ3v) is 7.25. The van der Waals surface area contributed by atoms with Crippen LogP contribution in [0.5, 0.6) is 5.75 Å². The first-order chi connectivity index (χ1) is 14.8. The van der Waals surface area contributed by atoms with E-state index in [1.54, 1.807) is 24.3 Å². The van der Waals surface area contributed by atoms with E-state index in [4.69, 9.17) is 32.7 Å². The van der Waals surface area contributed by atoms with Crippen LogP contribution < -0.4 is 10.1 Å². The summed E-state index contributed by atoms with van der Waals surface area (Å²) in [5, 5.41) is 3.79. The first-order valence-electron chi connectivity index (χ1n) is 9.90. The SMILES string of the molecule is CCOc1ccc(S(=O)(=O)N2CCOCC2)cc1NC(=O)CCc1ccc(Cl)cc1Cl. The Balaban J connectivity index is 1.76. The molecule has 31 heavy (non-hydrogen) atoms. The summed E-state index contributed by atoms with van der Waals surface area (Å²) < 4.78 is 38.1. The van der Waals surface area contributed by atoms with Crippen LogP contribution >= 0.6 is 23.2 Å². The number of ether oxygens (including phenoxy) is 2. The lowest BCUT2D eigenvalue weighted by Crippen LogP contribution is -2.40. The third-order valence-electron chi connectivity index (χ3n) is 4.77. The molecule has 1 amide bonds. The number of amides is 1. The van der Waals surface area contributed by atoms with E-state index in [-0.39, 0.29) is 17.2 Å². The van der Waals surface area contributed by atoms with Crippen LogP contribution in [-0.2, 0) is 26.0 Å². The van der Waals surface area contributed by atoms with E-state index in [1.807, 2.05) is 6.92 Å². The number of hydrogen-bond acceptors (Lipinski definition) is 5. The van der Waals surface area contributed by atoms with E-state index >= 15 is 0 Å². The molecule has 1 aliphatic heterocycles. The molecule has 0 aliphatic carbocycles. The largest absolute Gasteiger partial charge is 0.492 e. The number of anilines is 1. The molecule has 0 radical (unpaired) electrons. The third kappa shape index (κ3) is 6.11. The van der Waals surface area contributed by atoms with Crippen LogP contribution in [-0.4, -0.2) is 51.5 Å². The van der Waals surface area contributed by atoms with Crippen LogP contribution in [0.25, 0.3) is 0 Å². The first kappa shape index (κ1) is 23.8. The molecule has 1 saturated heterocycles. The van der Waals surface area contributed by atoms with Crippen molar-refractivity contribution in [3.63, 3.8) is 0 Å². The van der Waals surface area contributed by atoms with Crippen LogP contribution in [0.4, 0.5) is 5.69 Å². The van der Waals surface area contributed by atoms with Crippen molar-refractivity contribution in [2.45, 2.75) is 24.7 Å². The molecular weight excluding hydrogens is 463 g/mol. The summed E-state index contributed by atoms with van der Waals surface area (Å²) in [6.45, 7) is 3.48. The molecule has 0 spiro atoms. The topological polar surface area (TPSA) is 84.9 Å². The second-order valence-corrected chi connectivity index (χ2v) is 9.67. The summed E-state index contributed by atoms with van der Waals surface area (Å²) in [6.07, 6.45) is 0.574. The Bertz CT molecular complexity index is 1040. The second kappa shape index (κ2) is 10.7. The number of carbonyl (C=O) groups is 1. The molecule has 0 atom stereocenters. The number of carbonyl (C=O) groups excluding carboxylic acids is 1. The molecule has 3 rings (SSSR count). The van der Waals surface area contributed by atoms with Crippen molar-refractivity contribution in [3.05, 3.63) is 52.0 Å². The number of halogens is 2. The maximum atomic E-state index is 13.0. The van der Waals surface area contributed by atoms with Gasteiger partial charge in [-0.25, -0.2) is 8.42 Å². The zero-order valence-corrected chi connectivity index (χ0v) is 19.4. The number of benzene rings is 2. The van der Waals surface area contributed by atoms with Gasteiger partial charge >= 0.3 is 0 Å². The van der Waals surface area contributed by atoms with Crippen molar-refractivity contribution in [2.75, 3.05) is 38.2 Å². The minimum atomic E-state index is -3.70. The van der Waals surface area contributed by atoms with Crippen molar-refractivity contribution in [3.8, 4) is 5.75 Å².